The molecule has 6 nitrogen and oxygen atoms in total. The molecule has 0 radical (unpaired) electrons. The quantitative estimate of drug-likeness (QED) is 0.734. The standard InChI is InChI=1S/C9H9N5OS/c10-7(15)6-8(11)16-9(14-6)13-5-1-3-12-4-2-5/h1-4H,11H2,(H2,10,15)(H,12,13,14). The van der Waals surface area contributed by atoms with Crippen LogP contribution in [-0.4, -0.2) is 15.9 Å². The molecular formula is C9H9N5OS. The van der Waals surface area contributed by atoms with Crippen LogP contribution in [0, 0.1) is 0 Å². The van der Waals surface area contributed by atoms with E-state index in [-0.39, 0.29) is 5.69 Å². The summed E-state index contributed by atoms with van der Waals surface area (Å²) in [7, 11) is 0. The first-order valence-electron chi connectivity index (χ1n) is 4.40. The summed E-state index contributed by atoms with van der Waals surface area (Å²) in [5.74, 6) is -0.628. The van der Waals surface area contributed by atoms with Crippen LogP contribution in [0.3, 0.4) is 0 Å². The number of amides is 1. The summed E-state index contributed by atoms with van der Waals surface area (Å²) in [6.45, 7) is 0. The van der Waals surface area contributed by atoms with E-state index in [9.17, 15) is 4.79 Å². The van der Waals surface area contributed by atoms with Crippen molar-refractivity contribution in [1.82, 2.24) is 9.97 Å². The molecule has 1 amide bonds. The highest BCUT2D eigenvalue weighted by Crippen LogP contribution is 2.27. The fourth-order valence-corrected chi connectivity index (χ4v) is 1.88. The fraction of sp³-hybridized carbons (Fsp3) is 0. The van der Waals surface area contributed by atoms with Gasteiger partial charge in [0.1, 0.15) is 5.00 Å². The summed E-state index contributed by atoms with van der Waals surface area (Å²) in [5.41, 5.74) is 11.6. The lowest BCUT2D eigenvalue weighted by Crippen LogP contribution is -2.13. The molecule has 0 saturated carbocycles. The van der Waals surface area contributed by atoms with Crippen LogP contribution < -0.4 is 16.8 Å². The number of rotatable bonds is 3. The number of aromatic nitrogens is 2. The van der Waals surface area contributed by atoms with Crippen LogP contribution in [0.1, 0.15) is 10.5 Å². The van der Waals surface area contributed by atoms with Crippen LogP contribution in [0.15, 0.2) is 24.5 Å². The van der Waals surface area contributed by atoms with Crippen LogP contribution in [0.4, 0.5) is 15.8 Å². The Morgan fingerprint density at radius 3 is 2.62 bits per heavy atom. The van der Waals surface area contributed by atoms with Gasteiger partial charge in [0, 0.05) is 18.1 Å². The highest BCUT2D eigenvalue weighted by Gasteiger charge is 2.12. The van der Waals surface area contributed by atoms with Gasteiger partial charge in [0.2, 0.25) is 0 Å². The van der Waals surface area contributed by atoms with Crippen LogP contribution in [0.5, 0.6) is 0 Å². The number of nitrogen functional groups attached to an aromatic ring is 1. The van der Waals surface area contributed by atoms with E-state index in [1.807, 2.05) is 0 Å². The molecule has 2 aromatic heterocycles. The molecule has 0 atom stereocenters. The Morgan fingerprint density at radius 1 is 1.38 bits per heavy atom. The van der Waals surface area contributed by atoms with Gasteiger partial charge in [-0.2, -0.15) is 0 Å². The van der Waals surface area contributed by atoms with Crippen molar-refractivity contribution in [3.63, 3.8) is 0 Å². The van der Waals surface area contributed by atoms with Crippen molar-refractivity contribution in [1.29, 1.82) is 0 Å². The molecular weight excluding hydrogens is 226 g/mol. The van der Waals surface area contributed by atoms with Crippen LogP contribution in [0.25, 0.3) is 0 Å². The van der Waals surface area contributed by atoms with E-state index in [1.54, 1.807) is 24.5 Å². The number of thiazole rings is 1. The molecule has 0 fully saturated rings. The first-order valence-corrected chi connectivity index (χ1v) is 5.21. The lowest BCUT2D eigenvalue weighted by atomic mass is 10.4. The molecule has 5 N–H and O–H groups in total. The Hall–Kier alpha value is -2.15. The van der Waals surface area contributed by atoms with E-state index < -0.39 is 5.91 Å². The van der Waals surface area contributed by atoms with E-state index in [4.69, 9.17) is 11.5 Å². The number of primary amides is 1. The average molecular weight is 235 g/mol. The van der Waals surface area contributed by atoms with E-state index in [2.05, 4.69) is 15.3 Å². The molecule has 0 saturated heterocycles. The number of nitrogens with one attached hydrogen (secondary N) is 1. The van der Waals surface area contributed by atoms with Crippen molar-refractivity contribution in [2.24, 2.45) is 5.73 Å². The predicted octanol–water partition coefficient (Wildman–Crippen LogP) is 0.963. The Kier molecular flexibility index (Phi) is 2.69. The summed E-state index contributed by atoms with van der Waals surface area (Å²) in [6, 6.07) is 3.56. The largest absolute Gasteiger partial charge is 0.389 e. The van der Waals surface area contributed by atoms with Crippen molar-refractivity contribution in [2.45, 2.75) is 0 Å². The highest BCUT2D eigenvalue weighted by atomic mass is 32.1. The molecule has 0 aromatic carbocycles. The van der Waals surface area contributed by atoms with Gasteiger partial charge in [-0.1, -0.05) is 11.3 Å². The SMILES string of the molecule is NC(=O)c1nc(Nc2ccncc2)sc1N. The summed E-state index contributed by atoms with van der Waals surface area (Å²) >= 11 is 1.17. The second kappa shape index (κ2) is 4.15. The number of nitrogens with zero attached hydrogens (tertiary/aromatic N) is 2. The lowest BCUT2D eigenvalue weighted by Gasteiger charge is -1.99. The second-order valence-electron chi connectivity index (χ2n) is 2.96. The Bertz CT molecular complexity index is 510. The molecule has 82 valence electrons. The summed E-state index contributed by atoms with van der Waals surface area (Å²) in [4.78, 5) is 18.8. The smallest absolute Gasteiger partial charge is 0.270 e. The number of anilines is 3. The molecule has 2 rings (SSSR count). The molecule has 0 unspecified atom stereocenters. The topological polar surface area (TPSA) is 107 Å². The van der Waals surface area contributed by atoms with Gasteiger partial charge in [-0.05, 0) is 12.1 Å². The van der Waals surface area contributed by atoms with Gasteiger partial charge in [0.05, 0.1) is 0 Å². The highest BCUT2D eigenvalue weighted by molar-refractivity contribution is 7.19. The van der Waals surface area contributed by atoms with Crippen molar-refractivity contribution in [3.8, 4) is 0 Å². The Labute approximate surface area is 95.3 Å². The van der Waals surface area contributed by atoms with Crippen molar-refractivity contribution in [2.75, 3.05) is 11.1 Å². The minimum atomic E-state index is -0.628. The van der Waals surface area contributed by atoms with Gasteiger partial charge in [0.15, 0.2) is 10.8 Å². The molecule has 7 heteroatoms. The summed E-state index contributed by atoms with van der Waals surface area (Å²) in [6.07, 6.45) is 3.29. The number of carbonyl (C=O) groups excluding carboxylic acids is 1. The van der Waals surface area contributed by atoms with Crippen LogP contribution in [0.2, 0.25) is 0 Å². The van der Waals surface area contributed by atoms with Crippen molar-refractivity contribution >= 4 is 33.1 Å². The molecule has 0 bridgehead atoms. The molecule has 0 aliphatic carbocycles. The maximum absolute atomic E-state index is 10.9. The number of pyridine rings is 1. The molecule has 2 aromatic rings. The number of hydrogen-bond acceptors (Lipinski definition) is 6. The van der Waals surface area contributed by atoms with Gasteiger partial charge in [-0.3, -0.25) is 9.78 Å². The molecule has 0 aliphatic heterocycles. The third kappa shape index (κ3) is 2.09. The Morgan fingerprint density at radius 2 is 2.06 bits per heavy atom. The van der Waals surface area contributed by atoms with Gasteiger partial charge in [0.25, 0.3) is 5.91 Å². The average Bonchev–Trinajstić information content (AvgIpc) is 2.61. The van der Waals surface area contributed by atoms with E-state index in [0.29, 0.717) is 10.1 Å². The van der Waals surface area contributed by atoms with E-state index in [0.717, 1.165) is 5.69 Å². The van der Waals surface area contributed by atoms with Crippen molar-refractivity contribution in [3.05, 3.63) is 30.2 Å². The van der Waals surface area contributed by atoms with Gasteiger partial charge in [-0.15, -0.1) is 0 Å². The zero-order chi connectivity index (χ0) is 11.5. The number of nitrogens with two attached hydrogens (primary N) is 2. The first-order chi connectivity index (χ1) is 7.66. The number of carbonyl (C=O) groups is 1. The molecule has 16 heavy (non-hydrogen) atoms. The number of hydrogen-bond donors (Lipinski definition) is 3. The van der Waals surface area contributed by atoms with Crippen LogP contribution in [-0.2, 0) is 0 Å². The fourth-order valence-electron chi connectivity index (χ4n) is 1.12. The third-order valence-corrected chi connectivity index (χ3v) is 2.62. The lowest BCUT2D eigenvalue weighted by molar-refractivity contribution is 0.0997. The van der Waals surface area contributed by atoms with Crippen molar-refractivity contribution < 1.29 is 4.79 Å². The van der Waals surface area contributed by atoms with Gasteiger partial charge >= 0.3 is 0 Å². The second-order valence-corrected chi connectivity index (χ2v) is 3.99. The van der Waals surface area contributed by atoms with Crippen LogP contribution >= 0.6 is 11.3 Å². The van der Waals surface area contributed by atoms with Gasteiger partial charge < -0.3 is 16.8 Å². The monoisotopic (exact) mass is 235 g/mol. The summed E-state index contributed by atoms with van der Waals surface area (Å²) < 4.78 is 0. The zero-order valence-corrected chi connectivity index (χ0v) is 8.99. The minimum Gasteiger partial charge on any atom is -0.389 e. The van der Waals surface area contributed by atoms with Gasteiger partial charge in [-0.25, -0.2) is 4.98 Å². The Balaban J connectivity index is 2.23. The summed E-state index contributed by atoms with van der Waals surface area (Å²) in [5, 5.41) is 3.83. The minimum absolute atomic E-state index is 0.0987. The third-order valence-electron chi connectivity index (χ3n) is 1.82. The van der Waals surface area contributed by atoms with E-state index in [1.165, 1.54) is 11.3 Å². The predicted molar refractivity (Wildman–Crippen MR) is 62.6 cm³/mol. The van der Waals surface area contributed by atoms with E-state index >= 15 is 0 Å². The normalized spacial score (nSPS) is 10.0. The molecule has 0 aliphatic rings. The molecule has 2 heterocycles. The maximum atomic E-state index is 10.9. The zero-order valence-electron chi connectivity index (χ0n) is 8.18. The molecule has 0 spiro atoms. The first kappa shape index (κ1) is 10.4. The maximum Gasteiger partial charge on any atom is 0.270 e.